The lowest BCUT2D eigenvalue weighted by atomic mass is 9.81. The number of carbonyl (C=O) groups is 2. The molecular weight excluding hydrogens is 380 g/mol. The number of hydrogen-bond donors (Lipinski definition) is 0. The fourth-order valence-electron chi connectivity index (χ4n) is 3.43. The van der Waals surface area contributed by atoms with E-state index in [1.54, 1.807) is 28.7 Å². The number of aromatic nitrogens is 3. The fourth-order valence-corrected chi connectivity index (χ4v) is 4.17. The van der Waals surface area contributed by atoms with Gasteiger partial charge in [0, 0.05) is 36.8 Å². The van der Waals surface area contributed by atoms with Crippen molar-refractivity contribution in [2.45, 2.75) is 0 Å². The third kappa shape index (κ3) is 2.95. The molecule has 2 atom stereocenters. The van der Waals surface area contributed by atoms with Crippen molar-refractivity contribution in [3.8, 4) is 10.8 Å². The van der Waals surface area contributed by atoms with Gasteiger partial charge in [-0.2, -0.15) is 0 Å². The van der Waals surface area contributed by atoms with Gasteiger partial charge in [-0.3, -0.25) is 9.59 Å². The van der Waals surface area contributed by atoms with E-state index < -0.39 is 5.41 Å². The molecule has 4 heterocycles. The van der Waals surface area contributed by atoms with E-state index in [9.17, 15) is 9.59 Å². The normalized spacial score (nSPS) is 24.0. The molecule has 26 heavy (non-hydrogen) atoms. The summed E-state index contributed by atoms with van der Waals surface area (Å²) in [7, 11) is 1.36. The number of hydrogen-bond acceptors (Lipinski definition) is 8. The van der Waals surface area contributed by atoms with Gasteiger partial charge >= 0.3 is 5.97 Å². The quantitative estimate of drug-likeness (QED) is 0.721. The Labute approximate surface area is 160 Å². The zero-order valence-electron chi connectivity index (χ0n) is 14.0. The largest absolute Gasteiger partial charge is 0.468 e. The topological polar surface area (TPSA) is 94.5 Å². The maximum absolute atomic E-state index is 12.8. The Kier molecular flexibility index (Phi) is 5.22. The zero-order valence-corrected chi connectivity index (χ0v) is 15.6. The van der Waals surface area contributed by atoms with Crippen LogP contribution in [0.3, 0.4) is 0 Å². The second-order valence-corrected chi connectivity index (χ2v) is 7.01. The summed E-state index contributed by atoms with van der Waals surface area (Å²) >= 11 is 1.32. The summed E-state index contributed by atoms with van der Waals surface area (Å²) < 4.78 is 10.4. The van der Waals surface area contributed by atoms with Crippen molar-refractivity contribution in [3.63, 3.8) is 0 Å². The lowest BCUT2D eigenvalue weighted by molar-refractivity contribution is -0.153. The van der Waals surface area contributed by atoms with E-state index in [2.05, 4.69) is 15.0 Å². The monoisotopic (exact) mass is 396 g/mol. The third-order valence-corrected chi connectivity index (χ3v) is 5.57. The molecule has 0 unspecified atom stereocenters. The molecule has 2 saturated heterocycles. The number of fused-ring (bicyclic) bond motifs is 1. The number of carbonyl (C=O) groups excluding carboxylic acids is 2. The lowest BCUT2D eigenvalue weighted by Crippen LogP contribution is -2.41. The Morgan fingerprint density at radius 3 is 2.88 bits per heavy atom. The lowest BCUT2D eigenvalue weighted by Gasteiger charge is -2.23. The Morgan fingerprint density at radius 1 is 1.38 bits per heavy atom. The second kappa shape index (κ2) is 7.26. The van der Waals surface area contributed by atoms with Crippen LogP contribution >= 0.6 is 23.7 Å². The van der Waals surface area contributed by atoms with Crippen LogP contribution in [-0.4, -0.2) is 65.1 Å². The highest BCUT2D eigenvalue weighted by Gasteiger charge is 2.57. The first-order valence-corrected chi connectivity index (χ1v) is 8.70. The minimum absolute atomic E-state index is 0. The number of ether oxygens (including phenoxy) is 2. The average Bonchev–Trinajstić information content (AvgIpc) is 3.35. The van der Waals surface area contributed by atoms with Gasteiger partial charge in [0.1, 0.15) is 11.1 Å². The molecule has 0 radical (unpaired) electrons. The van der Waals surface area contributed by atoms with Crippen LogP contribution in [0.2, 0.25) is 0 Å². The molecule has 8 nitrogen and oxygen atoms in total. The Hall–Kier alpha value is -2.10. The first kappa shape index (κ1) is 18.7. The summed E-state index contributed by atoms with van der Waals surface area (Å²) in [6, 6.07) is 1.72. The summed E-state index contributed by atoms with van der Waals surface area (Å²) in [5.41, 5.74) is -0.417. The van der Waals surface area contributed by atoms with Crippen LogP contribution in [-0.2, 0) is 14.3 Å². The van der Waals surface area contributed by atoms with Gasteiger partial charge in [-0.25, -0.2) is 15.0 Å². The minimum atomic E-state index is -0.758. The van der Waals surface area contributed by atoms with Crippen molar-refractivity contribution >= 4 is 35.6 Å². The van der Waals surface area contributed by atoms with E-state index in [1.807, 2.05) is 0 Å². The van der Waals surface area contributed by atoms with Crippen LogP contribution in [0.4, 0.5) is 0 Å². The molecule has 138 valence electrons. The van der Waals surface area contributed by atoms with E-state index in [-0.39, 0.29) is 43.4 Å². The minimum Gasteiger partial charge on any atom is -0.468 e. The van der Waals surface area contributed by atoms with Gasteiger partial charge in [0.2, 0.25) is 0 Å². The predicted octanol–water partition coefficient (Wildman–Crippen LogP) is 1.28. The number of thiazole rings is 1. The Balaban J connectivity index is 0.00000196. The molecule has 4 rings (SSSR count). The molecular formula is C16H17ClN4O4S. The van der Waals surface area contributed by atoms with Gasteiger partial charge in [-0.1, -0.05) is 0 Å². The van der Waals surface area contributed by atoms with Gasteiger partial charge in [-0.15, -0.1) is 23.7 Å². The molecule has 2 aromatic rings. The molecule has 0 aromatic carbocycles. The summed E-state index contributed by atoms with van der Waals surface area (Å²) in [4.78, 5) is 39.4. The van der Waals surface area contributed by atoms with E-state index in [4.69, 9.17) is 9.47 Å². The fraction of sp³-hybridized carbons (Fsp3) is 0.438. The predicted molar refractivity (Wildman–Crippen MR) is 95.0 cm³/mol. The molecule has 0 saturated carbocycles. The molecule has 0 spiro atoms. The van der Waals surface area contributed by atoms with Crippen molar-refractivity contribution in [1.82, 2.24) is 19.9 Å². The molecule has 2 fully saturated rings. The highest BCUT2D eigenvalue weighted by molar-refractivity contribution is 7.13. The number of esters is 1. The summed E-state index contributed by atoms with van der Waals surface area (Å²) in [6.07, 6.45) is 3.26. The molecule has 2 aliphatic rings. The number of likely N-dealkylation sites (tertiary alicyclic amines) is 1. The summed E-state index contributed by atoms with van der Waals surface area (Å²) in [5.74, 6) is -0.0678. The number of halogens is 1. The summed E-state index contributed by atoms with van der Waals surface area (Å²) in [5, 5.41) is 2.29. The summed E-state index contributed by atoms with van der Waals surface area (Å²) in [6.45, 7) is 1.49. The van der Waals surface area contributed by atoms with Crippen LogP contribution < -0.4 is 0 Å². The molecule has 2 aliphatic heterocycles. The van der Waals surface area contributed by atoms with Gasteiger partial charge in [0.15, 0.2) is 10.8 Å². The van der Waals surface area contributed by atoms with Gasteiger partial charge in [-0.05, 0) is 6.07 Å². The van der Waals surface area contributed by atoms with Crippen LogP contribution in [0.5, 0.6) is 0 Å². The van der Waals surface area contributed by atoms with E-state index >= 15 is 0 Å². The van der Waals surface area contributed by atoms with E-state index in [0.717, 1.165) is 0 Å². The van der Waals surface area contributed by atoms with Gasteiger partial charge in [0.25, 0.3) is 5.91 Å². The highest BCUT2D eigenvalue weighted by atomic mass is 35.5. The van der Waals surface area contributed by atoms with Crippen molar-refractivity contribution in [2.24, 2.45) is 11.3 Å². The van der Waals surface area contributed by atoms with Crippen molar-refractivity contribution in [1.29, 1.82) is 0 Å². The molecule has 0 N–H and O–H groups in total. The van der Waals surface area contributed by atoms with Crippen LogP contribution in [0, 0.1) is 11.3 Å². The first-order valence-electron chi connectivity index (χ1n) is 7.82. The molecule has 1 amide bonds. The number of rotatable bonds is 3. The molecule has 0 bridgehead atoms. The van der Waals surface area contributed by atoms with Gasteiger partial charge in [0.05, 0.1) is 20.3 Å². The van der Waals surface area contributed by atoms with Crippen LogP contribution in [0.15, 0.2) is 23.8 Å². The smallest absolute Gasteiger partial charge is 0.316 e. The molecule has 2 aromatic heterocycles. The average molecular weight is 397 g/mol. The number of methoxy groups -OCH3 is 1. The van der Waals surface area contributed by atoms with Crippen molar-refractivity contribution in [2.75, 3.05) is 33.4 Å². The standard InChI is InChI=1S/C16H16N4O4S.ClH/c1-23-15(22)16-8-20(5-10(16)6-24-9-16)14(21)11-7-25-13(19-11)12-17-3-2-4-18-12;/h2-4,7,10H,5-6,8-9H2,1H3;1H/t10-,16-;/m0./s1. The SMILES string of the molecule is COC(=O)[C@@]12COC[C@@H]1CN(C(=O)c1csc(-c3ncccn3)n1)C2.Cl. The van der Waals surface area contributed by atoms with Crippen molar-refractivity contribution < 1.29 is 19.1 Å². The number of amides is 1. The van der Waals surface area contributed by atoms with Crippen molar-refractivity contribution in [3.05, 3.63) is 29.5 Å². The van der Waals surface area contributed by atoms with E-state index in [0.29, 0.717) is 29.7 Å². The zero-order chi connectivity index (χ0) is 17.4. The third-order valence-electron chi connectivity index (χ3n) is 4.73. The maximum Gasteiger partial charge on any atom is 0.316 e. The maximum atomic E-state index is 12.8. The first-order chi connectivity index (χ1) is 12.1. The van der Waals surface area contributed by atoms with Crippen LogP contribution in [0.1, 0.15) is 10.5 Å². The Bertz CT molecular complexity index is 818. The molecule has 10 heteroatoms. The second-order valence-electron chi connectivity index (χ2n) is 6.16. The molecule has 0 aliphatic carbocycles. The highest BCUT2D eigenvalue weighted by Crippen LogP contribution is 2.42. The Morgan fingerprint density at radius 2 is 2.15 bits per heavy atom. The van der Waals surface area contributed by atoms with E-state index in [1.165, 1.54) is 18.4 Å². The van der Waals surface area contributed by atoms with Crippen LogP contribution in [0.25, 0.3) is 10.8 Å². The van der Waals surface area contributed by atoms with Gasteiger partial charge < -0.3 is 14.4 Å². The number of nitrogens with zero attached hydrogens (tertiary/aromatic N) is 4.